The molecule has 1 aromatic carbocycles. The molecule has 1 aliphatic carbocycles. The van der Waals surface area contributed by atoms with Gasteiger partial charge >= 0.3 is 0 Å². The molecular weight excluding hydrogens is 304 g/mol. The Bertz CT molecular complexity index is 653. The lowest BCUT2D eigenvalue weighted by Gasteiger charge is -2.10. The molecule has 6 nitrogen and oxygen atoms in total. The van der Waals surface area contributed by atoms with Crippen LogP contribution in [0, 0.1) is 0 Å². The standard InChI is InChI=1S/C15H20N2O4S/c1-22(20,21)17-9-8-16-15(19)12-4-2-11(3-5-12)13-6-7-14(18)10-13/h2-5,13,17H,6-10H2,1H3,(H,16,19)/t13-/m1/s1. The van der Waals surface area contributed by atoms with Gasteiger partial charge in [0.15, 0.2) is 0 Å². The maximum atomic E-state index is 11.9. The van der Waals surface area contributed by atoms with Crippen LogP contribution >= 0.6 is 0 Å². The summed E-state index contributed by atoms with van der Waals surface area (Å²) < 4.78 is 24.1. The molecule has 0 aromatic heterocycles. The Balaban J connectivity index is 1.84. The molecule has 1 fully saturated rings. The van der Waals surface area contributed by atoms with Gasteiger partial charge in [0.25, 0.3) is 5.91 Å². The first kappa shape index (κ1) is 16.6. The Labute approximate surface area is 130 Å². The monoisotopic (exact) mass is 324 g/mol. The highest BCUT2D eigenvalue weighted by atomic mass is 32.2. The van der Waals surface area contributed by atoms with Gasteiger partial charge in [0.1, 0.15) is 5.78 Å². The third-order valence-electron chi connectivity index (χ3n) is 3.66. The third kappa shape index (κ3) is 4.92. The lowest BCUT2D eigenvalue weighted by molar-refractivity contribution is -0.117. The van der Waals surface area contributed by atoms with Crippen molar-refractivity contribution in [3.05, 3.63) is 35.4 Å². The molecule has 1 atom stereocenters. The SMILES string of the molecule is CS(=O)(=O)NCCNC(=O)c1ccc([C@@H]2CCC(=O)C2)cc1. The van der Waals surface area contributed by atoms with Crippen LogP contribution in [0.4, 0.5) is 0 Å². The highest BCUT2D eigenvalue weighted by molar-refractivity contribution is 7.88. The van der Waals surface area contributed by atoms with Gasteiger partial charge in [0.2, 0.25) is 10.0 Å². The van der Waals surface area contributed by atoms with Gasteiger partial charge in [-0.3, -0.25) is 9.59 Å². The van der Waals surface area contributed by atoms with E-state index in [0.29, 0.717) is 24.2 Å². The number of ketones is 1. The van der Waals surface area contributed by atoms with Crippen molar-refractivity contribution in [1.82, 2.24) is 10.0 Å². The van der Waals surface area contributed by atoms with Gasteiger partial charge in [-0.2, -0.15) is 0 Å². The Morgan fingerprint density at radius 3 is 2.45 bits per heavy atom. The summed E-state index contributed by atoms with van der Waals surface area (Å²) in [6.07, 6.45) is 3.17. The Morgan fingerprint density at radius 2 is 1.91 bits per heavy atom. The van der Waals surface area contributed by atoms with Crippen molar-refractivity contribution in [3.63, 3.8) is 0 Å². The number of carbonyl (C=O) groups is 2. The number of carbonyl (C=O) groups excluding carboxylic acids is 2. The fraction of sp³-hybridized carbons (Fsp3) is 0.467. The molecule has 0 spiro atoms. The first-order valence-corrected chi connectivity index (χ1v) is 9.09. The van der Waals surface area contributed by atoms with Crippen LogP contribution in [0.2, 0.25) is 0 Å². The highest BCUT2D eigenvalue weighted by Crippen LogP contribution is 2.31. The maximum absolute atomic E-state index is 11.9. The van der Waals surface area contributed by atoms with Gasteiger partial charge < -0.3 is 5.32 Å². The maximum Gasteiger partial charge on any atom is 0.251 e. The summed E-state index contributed by atoms with van der Waals surface area (Å²) in [5.74, 6) is 0.318. The number of Topliss-reactive ketones (excluding diaryl/α,β-unsaturated/α-hetero) is 1. The fourth-order valence-corrected chi connectivity index (χ4v) is 2.99. The van der Waals surface area contributed by atoms with Crippen LogP contribution in [-0.4, -0.2) is 39.5 Å². The average Bonchev–Trinajstić information content (AvgIpc) is 2.89. The molecular formula is C15H20N2O4S. The minimum Gasteiger partial charge on any atom is -0.351 e. The van der Waals surface area contributed by atoms with Crippen LogP contribution in [-0.2, 0) is 14.8 Å². The van der Waals surface area contributed by atoms with Crippen LogP contribution < -0.4 is 10.0 Å². The number of hydrogen-bond acceptors (Lipinski definition) is 4. The predicted octanol–water partition coefficient (Wildman–Crippen LogP) is 0.802. The van der Waals surface area contributed by atoms with Crippen LogP contribution in [0.1, 0.15) is 41.1 Å². The molecule has 0 heterocycles. The first-order valence-electron chi connectivity index (χ1n) is 7.19. The Morgan fingerprint density at radius 1 is 1.23 bits per heavy atom. The molecule has 120 valence electrons. The van der Waals surface area contributed by atoms with Crippen molar-refractivity contribution in [1.29, 1.82) is 0 Å². The van der Waals surface area contributed by atoms with Crippen LogP contribution in [0.3, 0.4) is 0 Å². The first-order chi connectivity index (χ1) is 10.3. The number of hydrogen-bond donors (Lipinski definition) is 2. The number of nitrogens with one attached hydrogen (secondary N) is 2. The summed E-state index contributed by atoms with van der Waals surface area (Å²) >= 11 is 0. The molecule has 0 unspecified atom stereocenters. The second-order valence-corrected chi connectivity index (χ2v) is 7.36. The number of sulfonamides is 1. The molecule has 1 aromatic rings. The summed E-state index contributed by atoms with van der Waals surface area (Å²) in [7, 11) is -3.24. The average molecular weight is 324 g/mol. The van der Waals surface area contributed by atoms with Crippen molar-refractivity contribution < 1.29 is 18.0 Å². The van der Waals surface area contributed by atoms with Gasteiger partial charge in [-0.15, -0.1) is 0 Å². The zero-order chi connectivity index (χ0) is 16.2. The third-order valence-corrected chi connectivity index (χ3v) is 4.39. The largest absolute Gasteiger partial charge is 0.351 e. The van der Waals surface area contributed by atoms with Crippen molar-refractivity contribution in [3.8, 4) is 0 Å². The zero-order valence-electron chi connectivity index (χ0n) is 12.5. The number of benzene rings is 1. The minimum atomic E-state index is -3.24. The van der Waals surface area contributed by atoms with Gasteiger partial charge in [-0.25, -0.2) is 13.1 Å². The van der Waals surface area contributed by atoms with Crippen molar-refractivity contribution in [2.45, 2.75) is 25.2 Å². The number of rotatable bonds is 6. The van der Waals surface area contributed by atoms with E-state index >= 15 is 0 Å². The number of amides is 1. The topological polar surface area (TPSA) is 92.3 Å². The normalized spacial score (nSPS) is 18.4. The van der Waals surface area contributed by atoms with E-state index in [1.807, 2.05) is 12.1 Å². The van der Waals surface area contributed by atoms with Crippen LogP contribution in [0.5, 0.6) is 0 Å². The van der Waals surface area contributed by atoms with E-state index in [-0.39, 0.29) is 24.9 Å². The fourth-order valence-electron chi connectivity index (χ4n) is 2.52. The minimum absolute atomic E-state index is 0.160. The Kier molecular flexibility index (Phi) is 5.31. The van der Waals surface area contributed by atoms with Gasteiger partial charge in [-0.05, 0) is 30.0 Å². The predicted molar refractivity (Wildman–Crippen MR) is 83.2 cm³/mol. The van der Waals surface area contributed by atoms with Gasteiger partial charge in [-0.1, -0.05) is 12.1 Å². The van der Waals surface area contributed by atoms with E-state index in [0.717, 1.165) is 18.2 Å². The molecule has 1 saturated carbocycles. The Hall–Kier alpha value is -1.73. The molecule has 0 radical (unpaired) electrons. The molecule has 7 heteroatoms. The molecule has 1 aliphatic rings. The van der Waals surface area contributed by atoms with E-state index in [1.165, 1.54) is 0 Å². The van der Waals surface area contributed by atoms with Gasteiger partial charge in [0, 0.05) is 31.5 Å². The molecule has 22 heavy (non-hydrogen) atoms. The smallest absolute Gasteiger partial charge is 0.251 e. The highest BCUT2D eigenvalue weighted by Gasteiger charge is 2.23. The van der Waals surface area contributed by atoms with Crippen molar-refractivity contribution in [2.24, 2.45) is 0 Å². The summed E-state index contributed by atoms with van der Waals surface area (Å²) in [5.41, 5.74) is 1.61. The van der Waals surface area contributed by atoms with Gasteiger partial charge in [0.05, 0.1) is 6.26 Å². The van der Waals surface area contributed by atoms with E-state index in [9.17, 15) is 18.0 Å². The quantitative estimate of drug-likeness (QED) is 0.757. The van der Waals surface area contributed by atoms with E-state index < -0.39 is 10.0 Å². The lowest BCUT2D eigenvalue weighted by Crippen LogP contribution is -2.34. The summed E-state index contributed by atoms with van der Waals surface area (Å²) in [5, 5.41) is 2.65. The zero-order valence-corrected chi connectivity index (χ0v) is 13.3. The summed E-state index contributed by atoms with van der Waals surface area (Å²) in [6, 6.07) is 7.23. The van der Waals surface area contributed by atoms with E-state index in [4.69, 9.17) is 0 Å². The van der Waals surface area contributed by atoms with Crippen molar-refractivity contribution in [2.75, 3.05) is 19.3 Å². The molecule has 0 aliphatic heterocycles. The van der Waals surface area contributed by atoms with Crippen LogP contribution in [0.25, 0.3) is 0 Å². The van der Waals surface area contributed by atoms with Crippen LogP contribution in [0.15, 0.2) is 24.3 Å². The molecule has 0 saturated heterocycles. The van der Waals surface area contributed by atoms with Crippen molar-refractivity contribution >= 4 is 21.7 Å². The molecule has 2 rings (SSSR count). The summed E-state index contributed by atoms with van der Waals surface area (Å²) in [6.45, 7) is 0.387. The molecule has 1 amide bonds. The second-order valence-electron chi connectivity index (χ2n) is 5.52. The lowest BCUT2D eigenvalue weighted by atomic mass is 9.96. The summed E-state index contributed by atoms with van der Waals surface area (Å²) in [4.78, 5) is 23.2. The molecule has 2 N–H and O–H groups in total. The second kappa shape index (κ2) is 7.02. The molecule has 0 bridgehead atoms. The van der Waals surface area contributed by atoms with E-state index in [2.05, 4.69) is 10.0 Å². The van der Waals surface area contributed by atoms with E-state index in [1.54, 1.807) is 12.1 Å².